The minimum atomic E-state index is -4.57. The van der Waals surface area contributed by atoms with Gasteiger partial charge in [-0.25, -0.2) is 26.6 Å². The molecule has 0 unspecified atom stereocenters. The Bertz CT molecular complexity index is 1170. The Hall–Kier alpha value is -3.14. The van der Waals surface area contributed by atoms with E-state index in [0.717, 1.165) is 17.4 Å². The molecule has 2 aromatic carbocycles. The smallest absolute Gasteiger partial charge is 0.268 e. The highest BCUT2D eigenvalue weighted by Gasteiger charge is 2.26. The van der Waals surface area contributed by atoms with Gasteiger partial charge in [0.05, 0.1) is 17.1 Å². The van der Waals surface area contributed by atoms with Gasteiger partial charge in [-0.1, -0.05) is 0 Å². The number of halogens is 3. The average Bonchev–Trinajstić information content (AvgIpc) is 3.13. The molecule has 150 valence electrons. The lowest BCUT2D eigenvalue weighted by atomic mass is 10.1. The molecule has 0 amide bonds. The van der Waals surface area contributed by atoms with Crippen molar-refractivity contribution < 1.29 is 21.6 Å². The number of sulfonamides is 1. The highest BCUT2D eigenvalue weighted by molar-refractivity contribution is 7.92. The summed E-state index contributed by atoms with van der Waals surface area (Å²) < 4.78 is 69.3. The molecule has 0 aliphatic heterocycles. The van der Waals surface area contributed by atoms with Crippen LogP contribution < -0.4 is 15.8 Å². The van der Waals surface area contributed by atoms with Crippen LogP contribution in [-0.2, 0) is 10.0 Å². The van der Waals surface area contributed by atoms with Crippen molar-refractivity contribution >= 4 is 32.9 Å². The van der Waals surface area contributed by atoms with Crippen molar-refractivity contribution in [1.82, 2.24) is 4.98 Å². The summed E-state index contributed by atoms with van der Waals surface area (Å²) >= 11 is 1.09. The highest BCUT2D eigenvalue weighted by Crippen LogP contribution is 2.27. The van der Waals surface area contributed by atoms with Crippen LogP contribution in [0.25, 0.3) is 0 Å². The van der Waals surface area contributed by atoms with Gasteiger partial charge in [0.1, 0.15) is 23.6 Å². The average molecular weight is 439 g/mol. The summed E-state index contributed by atoms with van der Waals surface area (Å²) in [6.07, 6.45) is -1.25. The monoisotopic (exact) mass is 439 g/mol. The van der Waals surface area contributed by atoms with Crippen molar-refractivity contribution in [3.63, 3.8) is 0 Å². The Morgan fingerprint density at radius 2 is 1.83 bits per heavy atom. The lowest BCUT2D eigenvalue weighted by molar-refractivity contribution is 0.521. The molecule has 0 aliphatic rings. The molecule has 7 nitrogen and oxygen atoms in total. The van der Waals surface area contributed by atoms with E-state index in [1.165, 1.54) is 23.0 Å². The molecule has 0 spiro atoms. The molecule has 0 bridgehead atoms. The maximum absolute atomic E-state index is 14.4. The lowest BCUT2D eigenvalue weighted by Gasteiger charge is -2.17. The molecule has 29 heavy (non-hydrogen) atoms. The van der Waals surface area contributed by atoms with Crippen LogP contribution in [0.1, 0.15) is 17.3 Å². The summed E-state index contributed by atoms with van der Waals surface area (Å²) in [4.78, 5) is 2.50. The molecule has 1 atom stereocenters. The summed E-state index contributed by atoms with van der Waals surface area (Å²) in [5.41, 5.74) is 6.99. The van der Waals surface area contributed by atoms with E-state index in [0.29, 0.717) is 12.1 Å². The quantitative estimate of drug-likeness (QED) is 0.507. The van der Waals surface area contributed by atoms with Gasteiger partial charge in [0.25, 0.3) is 10.0 Å². The summed E-state index contributed by atoms with van der Waals surface area (Å²) in [5, 5.41) is 12.7. The summed E-state index contributed by atoms with van der Waals surface area (Å²) in [5.74, 6) is -3.56. The Morgan fingerprint density at radius 1 is 1.14 bits per heavy atom. The van der Waals surface area contributed by atoms with Crippen LogP contribution in [0.3, 0.4) is 0 Å². The van der Waals surface area contributed by atoms with Crippen LogP contribution in [0, 0.1) is 28.8 Å². The Balaban J connectivity index is 1.89. The van der Waals surface area contributed by atoms with Gasteiger partial charge in [0, 0.05) is 16.6 Å². The Labute approximate surface area is 167 Å². The zero-order valence-electron chi connectivity index (χ0n) is 14.4. The number of nitriles is 1. The number of nitrogens with two attached hydrogens (primary N) is 1. The summed E-state index contributed by atoms with van der Waals surface area (Å²) in [7, 11) is -4.57. The van der Waals surface area contributed by atoms with Gasteiger partial charge in [0.2, 0.25) is 0 Å². The largest absolute Gasteiger partial charge is 0.366 e. The lowest BCUT2D eigenvalue weighted by Crippen LogP contribution is -2.22. The number of benzene rings is 2. The molecular formula is C17H12F3N5O2S2. The predicted molar refractivity (Wildman–Crippen MR) is 101 cm³/mol. The van der Waals surface area contributed by atoms with Gasteiger partial charge in [-0.2, -0.15) is 5.26 Å². The van der Waals surface area contributed by atoms with Gasteiger partial charge >= 0.3 is 0 Å². The molecule has 0 aliphatic carbocycles. The van der Waals surface area contributed by atoms with Crippen LogP contribution in [0.4, 0.5) is 24.7 Å². The normalized spacial score (nSPS) is 12.2. The van der Waals surface area contributed by atoms with E-state index in [-0.39, 0.29) is 22.6 Å². The fourth-order valence-electron chi connectivity index (χ4n) is 2.46. The summed E-state index contributed by atoms with van der Waals surface area (Å²) in [6, 6.07) is 6.73. The third kappa shape index (κ3) is 4.48. The number of hydrogen-bond donors (Lipinski definition) is 3. The van der Waals surface area contributed by atoms with Crippen LogP contribution in [0.2, 0.25) is 0 Å². The SMILES string of the molecule is N#Cc1ccc(F)c([C@H](N)Nc2cc(F)c(S(=O)(=O)Nc3cscn3)c(F)c2)c1. The third-order valence-corrected chi connectivity index (χ3v) is 5.71. The van der Waals surface area contributed by atoms with E-state index in [4.69, 9.17) is 11.0 Å². The van der Waals surface area contributed by atoms with Crippen molar-refractivity contribution in [2.24, 2.45) is 5.73 Å². The van der Waals surface area contributed by atoms with E-state index < -0.39 is 38.5 Å². The number of aromatic nitrogens is 1. The zero-order valence-corrected chi connectivity index (χ0v) is 16.0. The van der Waals surface area contributed by atoms with Gasteiger partial charge < -0.3 is 11.1 Å². The van der Waals surface area contributed by atoms with Crippen LogP contribution in [-0.4, -0.2) is 13.4 Å². The number of nitrogens with one attached hydrogen (secondary N) is 2. The van der Waals surface area contributed by atoms with Crippen molar-refractivity contribution in [3.8, 4) is 6.07 Å². The molecule has 4 N–H and O–H groups in total. The fraction of sp³-hybridized carbons (Fsp3) is 0.0588. The van der Waals surface area contributed by atoms with E-state index in [1.54, 1.807) is 0 Å². The van der Waals surface area contributed by atoms with Crippen LogP contribution >= 0.6 is 11.3 Å². The minimum absolute atomic E-state index is 0.0779. The standard InChI is InChI=1S/C17H12F3N5O2S2/c18-12-2-1-9(6-21)3-11(12)17(22)24-10-4-13(19)16(14(20)5-10)29(26,27)25-15-7-28-8-23-15/h1-5,7-8,17,24-25H,22H2/t17-/m1/s1. The van der Waals surface area contributed by atoms with Crippen molar-refractivity contribution in [1.29, 1.82) is 5.26 Å². The van der Waals surface area contributed by atoms with E-state index >= 15 is 0 Å². The van der Waals surface area contributed by atoms with Crippen molar-refractivity contribution in [3.05, 3.63) is 69.8 Å². The van der Waals surface area contributed by atoms with Crippen molar-refractivity contribution in [2.45, 2.75) is 11.1 Å². The number of hydrogen-bond acceptors (Lipinski definition) is 7. The van der Waals surface area contributed by atoms with E-state index in [9.17, 15) is 21.6 Å². The molecular weight excluding hydrogens is 427 g/mol. The van der Waals surface area contributed by atoms with Gasteiger partial charge in [-0.15, -0.1) is 11.3 Å². The van der Waals surface area contributed by atoms with Gasteiger partial charge in [-0.3, -0.25) is 4.72 Å². The Kier molecular flexibility index (Phi) is 5.73. The second kappa shape index (κ2) is 8.08. The minimum Gasteiger partial charge on any atom is -0.366 e. The summed E-state index contributed by atoms with van der Waals surface area (Å²) in [6.45, 7) is 0. The van der Waals surface area contributed by atoms with Crippen LogP contribution in [0.5, 0.6) is 0 Å². The molecule has 3 rings (SSSR count). The fourth-order valence-corrected chi connectivity index (χ4v) is 4.14. The maximum atomic E-state index is 14.4. The molecule has 12 heteroatoms. The van der Waals surface area contributed by atoms with E-state index in [2.05, 4.69) is 10.3 Å². The number of nitrogens with zero attached hydrogens (tertiary/aromatic N) is 2. The highest BCUT2D eigenvalue weighted by atomic mass is 32.2. The second-order valence-electron chi connectivity index (χ2n) is 5.72. The first-order chi connectivity index (χ1) is 13.7. The first-order valence-corrected chi connectivity index (χ1v) is 10.3. The maximum Gasteiger partial charge on any atom is 0.268 e. The third-order valence-electron chi connectivity index (χ3n) is 3.72. The molecule has 0 saturated heterocycles. The molecule has 0 fully saturated rings. The number of anilines is 2. The van der Waals surface area contributed by atoms with Crippen molar-refractivity contribution in [2.75, 3.05) is 10.0 Å². The molecule has 1 aromatic heterocycles. The Morgan fingerprint density at radius 3 is 2.41 bits per heavy atom. The molecule has 0 radical (unpaired) electrons. The molecule has 0 saturated carbocycles. The second-order valence-corrected chi connectivity index (χ2v) is 8.06. The zero-order chi connectivity index (χ0) is 21.2. The number of rotatable bonds is 6. The predicted octanol–water partition coefficient (Wildman–Crippen LogP) is 3.30. The van der Waals surface area contributed by atoms with E-state index in [1.807, 2.05) is 10.8 Å². The molecule has 3 aromatic rings. The number of thiazole rings is 1. The topological polar surface area (TPSA) is 121 Å². The van der Waals surface area contributed by atoms with Gasteiger partial charge in [0.15, 0.2) is 10.7 Å². The molecule has 1 heterocycles. The first kappa shape index (κ1) is 20.6. The first-order valence-electron chi connectivity index (χ1n) is 7.83. The van der Waals surface area contributed by atoms with Crippen LogP contribution in [0.15, 0.2) is 46.1 Å². The van der Waals surface area contributed by atoms with Gasteiger partial charge in [-0.05, 0) is 30.3 Å².